The van der Waals surface area contributed by atoms with E-state index >= 15 is 0 Å². The van der Waals surface area contributed by atoms with Gasteiger partial charge in [0.1, 0.15) is 0 Å². The van der Waals surface area contributed by atoms with E-state index in [1.807, 2.05) is 32.0 Å². The molecular formula is C14H22N2O3. The highest BCUT2D eigenvalue weighted by molar-refractivity contribution is 5.77. The van der Waals surface area contributed by atoms with Crippen LogP contribution in [0, 0.1) is 0 Å². The Hall–Kier alpha value is -1.75. The predicted molar refractivity (Wildman–Crippen MR) is 74.6 cm³/mol. The molecule has 0 atom stereocenters. The van der Waals surface area contributed by atoms with Gasteiger partial charge in [0.25, 0.3) is 0 Å². The zero-order valence-corrected chi connectivity index (χ0v) is 11.8. The molecule has 1 aromatic carbocycles. The molecule has 0 heterocycles. The molecule has 0 aliphatic rings. The Morgan fingerprint density at radius 2 is 2.11 bits per heavy atom. The summed E-state index contributed by atoms with van der Waals surface area (Å²) in [7, 11) is 1.62. The highest BCUT2D eigenvalue weighted by Gasteiger charge is 2.09. The van der Waals surface area contributed by atoms with Crippen LogP contribution in [0.4, 0.5) is 0 Å². The molecule has 0 aromatic heterocycles. The van der Waals surface area contributed by atoms with Gasteiger partial charge in [0.15, 0.2) is 11.5 Å². The molecule has 106 valence electrons. The minimum absolute atomic E-state index is 0.0116. The number of hydrogen-bond acceptors (Lipinski definition) is 4. The van der Waals surface area contributed by atoms with Crippen molar-refractivity contribution >= 4 is 5.91 Å². The fraction of sp³-hybridized carbons (Fsp3) is 0.500. The molecule has 1 rings (SSSR count). The standard InChI is InChI=1S/C14H22N2O3/c1-4-16-13(17)10-15-9-11-7-6-8-12(19-5-2)14(11)18-3/h6-8,15H,4-5,9-10H2,1-3H3,(H,16,17). The van der Waals surface area contributed by atoms with Gasteiger partial charge in [-0.2, -0.15) is 0 Å². The van der Waals surface area contributed by atoms with Crippen molar-refractivity contribution in [2.24, 2.45) is 0 Å². The quantitative estimate of drug-likeness (QED) is 0.745. The number of nitrogens with one attached hydrogen (secondary N) is 2. The third kappa shape index (κ3) is 4.79. The number of likely N-dealkylation sites (N-methyl/N-ethyl adjacent to an activating group) is 1. The average molecular weight is 266 g/mol. The molecule has 0 saturated heterocycles. The van der Waals surface area contributed by atoms with E-state index in [1.165, 1.54) is 0 Å². The molecule has 5 nitrogen and oxygen atoms in total. The second-order valence-electron chi connectivity index (χ2n) is 3.94. The molecule has 0 aliphatic heterocycles. The third-order valence-electron chi connectivity index (χ3n) is 2.54. The predicted octanol–water partition coefficient (Wildman–Crippen LogP) is 1.32. The number of para-hydroxylation sites is 1. The summed E-state index contributed by atoms with van der Waals surface area (Å²) in [5.74, 6) is 1.43. The van der Waals surface area contributed by atoms with Crippen molar-refractivity contribution in [1.29, 1.82) is 0 Å². The molecule has 1 amide bonds. The molecule has 0 aliphatic carbocycles. The number of methoxy groups -OCH3 is 1. The van der Waals surface area contributed by atoms with E-state index in [0.29, 0.717) is 25.4 Å². The number of ether oxygens (including phenoxy) is 2. The maximum Gasteiger partial charge on any atom is 0.233 e. The van der Waals surface area contributed by atoms with E-state index in [9.17, 15) is 4.79 Å². The summed E-state index contributed by atoms with van der Waals surface area (Å²) in [5.41, 5.74) is 0.970. The van der Waals surface area contributed by atoms with E-state index in [0.717, 1.165) is 11.3 Å². The molecule has 0 radical (unpaired) electrons. The first-order valence-electron chi connectivity index (χ1n) is 6.49. The summed E-state index contributed by atoms with van der Waals surface area (Å²) in [6.45, 7) is 5.90. The molecular weight excluding hydrogens is 244 g/mol. The Labute approximate surface area is 114 Å². The van der Waals surface area contributed by atoms with Crippen LogP contribution in [0.3, 0.4) is 0 Å². The molecule has 1 aromatic rings. The fourth-order valence-corrected chi connectivity index (χ4v) is 1.77. The second-order valence-corrected chi connectivity index (χ2v) is 3.94. The van der Waals surface area contributed by atoms with Crippen LogP contribution in [0.1, 0.15) is 19.4 Å². The molecule has 0 fully saturated rings. The normalized spacial score (nSPS) is 10.1. The topological polar surface area (TPSA) is 59.6 Å². The third-order valence-corrected chi connectivity index (χ3v) is 2.54. The van der Waals surface area contributed by atoms with Gasteiger partial charge in [0, 0.05) is 18.7 Å². The van der Waals surface area contributed by atoms with Gasteiger partial charge in [0.2, 0.25) is 5.91 Å². The molecule has 5 heteroatoms. The van der Waals surface area contributed by atoms with E-state index in [-0.39, 0.29) is 12.5 Å². The minimum atomic E-state index is -0.0116. The van der Waals surface area contributed by atoms with Crippen molar-refractivity contribution < 1.29 is 14.3 Å². The first-order chi connectivity index (χ1) is 9.22. The van der Waals surface area contributed by atoms with E-state index in [1.54, 1.807) is 7.11 Å². The van der Waals surface area contributed by atoms with Gasteiger partial charge in [-0.05, 0) is 19.9 Å². The Morgan fingerprint density at radius 1 is 1.32 bits per heavy atom. The number of carbonyl (C=O) groups excluding carboxylic acids is 1. The van der Waals surface area contributed by atoms with E-state index < -0.39 is 0 Å². The molecule has 0 bridgehead atoms. The van der Waals surface area contributed by atoms with Gasteiger partial charge in [-0.1, -0.05) is 12.1 Å². The Morgan fingerprint density at radius 3 is 2.74 bits per heavy atom. The largest absolute Gasteiger partial charge is 0.493 e. The number of hydrogen-bond donors (Lipinski definition) is 2. The zero-order valence-electron chi connectivity index (χ0n) is 11.8. The lowest BCUT2D eigenvalue weighted by Crippen LogP contribution is -2.33. The number of benzene rings is 1. The SMILES string of the molecule is CCNC(=O)CNCc1cccc(OCC)c1OC. The van der Waals surface area contributed by atoms with Gasteiger partial charge in [-0.3, -0.25) is 4.79 Å². The van der Waals surface area contributed by atoms with Crippen molar-refractivity contribution in [3.63, 3.8) is 0 Å². The van der Waals surface area contributed by atoms with Crippen LogP contribution in [0.15, 0.2) is 18.2 Å². The minimum Gasteiger partial charge on any atom is -0.493 e. The van der Waals surface area contributed by atoms with Gasteiger partial charge < -0.3 is 20.1 Å². The summed E-state index contributed by atoms with van der Waals surface area (Å²) in [5, 5.41) is 5.82. The van der Waals surface area contributed by atoms with Gasteiger partial charge >= 0.3 is 0 Å². The summed E-state index contributed by atoms with van der Waals surface area (Å²) in [4.78, 5) is 11.3. The summed E-state index contributed by atoms with van der Waals surface area (Å²) >= 11 is 0. The summed E-state index contributed by atoms with van der Waals surface area (Å²) in [6.07, 6.45) is 0. The Kier molecular flexibility index (Phi) is 6.74. The maximum atomic E-state index is 11.3. The number of rotatable bonds is 8. The summed E-state index contributed by atoms with van der Waals surface area (Å²) < 4.78 is 10.9. The van der Waals surface area contributed by atoms with Crippen molar-refractivity contribution in [3.8, 4) is 11.5 Å². The molecule has 19 heavy (non-hydrogen) atoms. The lowest BCUT2D eigenvalue weighted by atomic mass is 10.2. The monoisotopic (exact) mass is 266 g/mol. The first-order valence-corrected chi connectivity index (χ1v) is 6.49. The van der Waals surface area contributed by atoms with Crippen molar-refractivity contribution in [3.05, 3.63) is 23.8 Å². The summed E-state index contributed by atoms with van der Waals surface area (Å²) in [6, 6.07) is 5.73. The van der Waals surface area contributed by atoms with Gasteiger partial charge in [0.05, 0.1) is 20.3 Å². The molecule has 0 saturated carbocycles. The van der Waals surface area contributed by atoms with Gasteiger partial charge in [-0.25, -0.2) is 0 Å². The maximum absolute atomic E-state index is 11.3. The van der Waals surface area contributed by atoms with Crippen LogP contribution >= 0.6 is 0 Å². The van der Waals surface area contributed by atoms with Crippen molar-refractivity contribution in [2.75, 3.05) is 26.8 Å². The van der Waals surface area contributed by atoms with E-state index in [4.69, 9.17) is 9.47 Å². The van der Waals surface area contributed by atoms with Crippen LogP contribution < -0.4 is 20.1 Å². The molecule has 2 N–H and O–H groups in total. The highest BCUT2D eigenvalue weighted by Crippen LogP contribution is 2.30. The van der Waals surface area contributed by atoms with Crippen LogP contribution in [-0.2, 0) is 11.3 Å². The molecule has 0 spiro atoms. The van der Waals surface area contributed by atoms with Crippen LogP contribution in [0.25, 0.3) is 0 Å². The Bertz CT molecular complexity index is 408. The van der Waals surface area contributed by atoms with Crippen molar-refractivity contribution in [1.82, 2.24) is 10.6 Å². The average Bonchev–Trinajstić information content (AvgIpc) is 2.40. The Balaban J connectivity index is 2.62. The zero-order chi connectivity index (χ0) is 14.1. The second kappa shape index (κ2) is 8.37. The number of carbonyl (C=O) groups is 1. The van der Waals surface area contributed by atoms with Crippen LogP contribution in [0.5, 0.6) is 11.5 Å². The fourth-order valence-electron chi connectivity index (χ4n) is 1.77. The molecule has 0 unspecified atom stereocenters. The number of amides is 1. The highest BCUT2D eigenvalue weighted by atomic mass is 16.5. The van der Waals surface area contributed by atoms with Gasteiger partial charge in [-0.15, -0.1) is 0 Å². The van der Waals surface area contributed by atoms with Crippen molar-refractivity contribution in [2.45, 2.75) is 20.4 Å². The first kappa shape index (κ1) is 15.3. The van der Waals surface area contributed by atoms with Crippen LogP contribution in [0.2, 0.25) is 0 Å². The smallest absolute Gasteiger partial charge is 0.233 e. The van der Waals surface area contributed by atoms with Crippen LogP contribution in [-0.4, -0.2) is 32.7 Å². The van der Waals surface area contributed by atoms with E-state index in [2.05, 4.69) is 10.6 Å². The lowest BCUT2D eigenvalue weighted by molar-refractivity contribution is -0.120. The lowest BCUT2D eigenvalue weighted by Gasteiger charge is -2.14.